The Labute approximate surface area is 120 Å². The second-order valence-electron chi connectivity index (χ2n) is 4.06. The average molecular weight is 299 g/mol. The summed E-state index contributed by atoms with van der Waals surface area (Å²) < 4.78 is 1.46. The standard InChI is InChI=1S/C12H12Cl2N4O/c13-9-1-2-12(14)8(3-9)4-11(19)7-18-6-10(5-15)16-17-18/h1-3,6H,4-5,7,15H2. The first-order valence-electron chi connectivity index (χ1n) is 5.63. The summed E-state index contributed by atoms with van der Waals surface area (Å²) in [6.45, 7) is 0.435. The molecule has 0 fully saturated rings. The van der Waals surface area contributed by atoms with Gasteiger partial charge in [-0.25, -0.2) is 4.68 Å². The van der Waals surface area contributed by atoms with Crippen LogP contribution in [0.3, 0.4) is 0 Å². The summed E-state index contributed by atoms with van der Waals surface area (Å²) in [6.07, 6.45) is 1.86. The molecule has 19 heavy (non-hydrogen) atoms. The van der Waals surface area contributed by atoms with Gasteiger partial charge in [0.2, 0.25) is 0 Å². The molecule has 0 saturated heterocycles. The molecule has 0 bridgehead atoms. The van der Waals surface area contributed by atoms with Crippen molar-refractivity contribution < 1.29 is 4.79 Å². The summed E-state index contributed by atoms with van der Waals surface area (Å²) in [5.41, 5.74) is 6.77. The molecule has 0 saturated carbocycles. The van der Waals surface area contributed by atoms with Crippen LogP contribution in [0.25, 0.3) is 0 Å². The van der Waals surface area contributed by atoms with Crippen LogP contribution < -0.4 is 5.73 Å². The van der Waals surface area contributed by atoms with Crippen LogP contribution in [0.2, 0.25) is 10.0 Å². The number of carbonyl (C=O) groups is 1. The van der Waals surface area contributed by atoms with Gasteiger partial charge in [-0.15, -0.1) is 5.10 Å². The molecule has 0 spiro atoms. The molecule has 0 radical (unpaired) electrons. The molecule has 1 heterocycles. The van der Waals surface area contributed by atoms with Crippen molar-refractivity contribution in [1.29, 1.82) is 0 Å². The lowest BCUT2D eigenvalue weighted by Gasteiger charge is -2.04. The molecule has 0 amide bonds. The Bertz CT molecular complexity index is 597. The van der Waals surface area contributed by atoms with Crippen LogP contribution in [-0.2, 0) is 24.3 Å². The highest BCUT2D eigenvalue weighted by atomic mass is 35.5. The summed E-state index contributed by atoms with van der Waals surface area (Å²) in [5, 5.41) is 8.71. The Kier molecular flexibility index (Phi) is 4.52. The van der Waals surface area contributed by atoms with E-state index in [1.807, 2.05) is 0 Å². The Morgan fingerprint density at radius 2 is 2.16 bits per heavy atom. The number of rotatable bonds is 5. The minimum atomic E-state index is -0.0300. The van der Waals surface area contributed by atoms with Gasteiger partial charge in [-0.2, -0.15) is 0 Å². The third kappa shape index (κ3) is 3.76. The lowest BCUT2D eigenvalue weighted by atomic mass is 10.1. The Morgan fingerprint density at radius 3 is 2.84 bits per heavy atom. The maximum absolute atomic E-state index is 11.9. The van der Waals surface area contributed by atoms with Crippen LogP contribution >= 0.6 is 23.2 Å². The molecular formula is C12H12Cl2N4O. The van der Waals surface area contributed by atoms with Gasteiger partial charge in [-0.1, -0.05) is 28.4 Å². The van der Waals surface area contributed by atoms with Gasteiger partial charge in [0.05, 0.1) is 11.9 Å². The van der Waals surface area contributed by atoms with E-state index in [4.69, 9.17) is 28.9 Å². The zero-order chi connectivity index (χ0) is 13.8. The van der Waals surface area contributed by atoms with Crippen molar-refractivity contribution >= 4 is 29.0 Å². The minimum Gasteiger partial charge on any atom is -0.325 e. The van der Waals surface area contributed by atoms with Crippen LogP contribution in [0, 0.1) is 0 Å². The van der Waals surface area contributed by atoms with Crippen LogP contribution in [-0.4, -0.2) is 20.8 Å². The number of hydrogen-bond donors (Lipinski definition) is 1. The fourth-order valence-corrected chi connectivity index (χ4v) is 2.02. The van der Waals surface area contributed by atoms with Crippen molar-refractivity contribution in [2.75, 3.05) is 0 Å². The number of nitrogens with two attached hydrogens (primary N) is 1. The summed E-state index contributed by atoms with van der Waals surface area (Å²) in [4.78, 5) is 11.9. The maximum atomic E-state index is 11.9. The maximum Gasteiger partial charge on any atom is 0.158 e. The predicted molar refractivity (Wildman–Crippen MR) is 73.1 cm³/mol. The van der Waals surface area contributed by atoms with Crippen LogP contribution in [0.15, 0.2) is 24.4 Å². The summed E-state index contributed by atoms with van der Waals surface area (Å²) in [7, 11) is 0. The molecule has 0 aliphatic rings. The first-order valence-corrected chi connectivity index (χ1v) is 6.39. The van der Waals surface area contributed by atoms with Gasteiger partial charge in [0.1, 0.15) is 6.54 Å². The van der Waals surface area contributed by atoms with Gasteiger partial charge in [-0.3, -0.25) is 4.79 Å². The van der Waals surface area contributed by atoms with Gasteiger partial charge < -0.3 is 5.73 Å². The van der Waals surface area contributed by atoms with Crippen LogP contribution in [0.4, 0.5) is 0 Å². The van der Waals surface area contributed by atoms with Gasteiger partial charge in [-0.05, 0) is 23.8 Å². The molecule has 0 aliphatic heterocycles. The number of ketones is 1. The largest absolute Gasteiger partial charge is 0.325 e. The highest BCUT2D eigenvalue weighted by Crippen LogP contribution is 2.21. The number of benzene rings is 1. The van der Waals surface area contributed by atoms with Crippen molar-refractivity contribution in [2.45, 2.75) is 19.5 Å². The number of carbonyl (C=O) groups excluding carboxylic acids is 1. The first kappa shape index (κ1) is 14.0. The van der Waals surface area contributed by atoms with E-state index in [0.29, 0.717) is 27.8 Å². The van der Waals surface area contributed by atoms with Gasteiger partial charge in [0.25, 0.3) is 0 Å². The first-order chi connectivity index (χ1) is 9.08. The summed E-state index contributed by atoms with van der Waals surface area (Å²) >= 11 is 11.9. The van der Waals surface area contributed by atoms with E-state index in [1.54, 1.807) is 24.4 Å². The van der Waals surface area contributed by atoms with E-state index in [1.165, 1.54) is 4.68 Å². The molecule has 2 aromatic rings. The highest BCUT2D eigenvalue weighted by Gasteiger charge is 2.10. The third-order valence-electron chi connectivity index (χ3n) is 2.53. The van der Waals surface area contributed by atoms with Gasteiger partial charge >= 0.3 is 0 Å². The van der Waals surface area contributed by atoms with E-state index >= 15 is 0 Å². The molecular weight excluding hydrogens is 287 g/mol. The van der Waals surface area contributed by atoms with Crippen molar-refractivity contribution in [3.05, 3.63) is 45.7 Å². The third-order valence-corrected chi connectivity index (χ3v) is 3.13. The number of Topliss-reactive ketones (excluding diaryl/α,β-unsaturated/α-hetero) is 1. The molecule has 1 aromatic heterocycles. The molecule has 2 N–H and O–H groups in total. The van der Waals surface area contributed by atoms with Crippen molar-refractivity contribution in [1.82, 2.24) is 15.0 Å². The molecule has 5 nitrogen and oxygen atoms in total. The zero-order valence-corrected chi connectivity index (χ0v) is 11.5. The zero-order valence-electron chi connectivity index (χ0n) is 10.0. The highest BCUT2D eigenvalue weighted by molar-refractivity contribution is 6.33. The summed E-state index contributed by atoms with van der Waals surface area (Å²) in [5.74, 6) is -0.0300. The lowest BCUT2D eigenvalue weighted by molar-refractivity contribution is -0.119. The molecule has 7 heteroatoms. The van der Waals surface area contributed by atoms with Gasteiger partial charge in [0, 0.05) is 23.0 Å². The fraction of sp³-hybridized carbons (Fsp3) is 0.250. The quantitative estimate of drug-likeness (QED) is 0.914. The normalized spacial score (nSPS) is 10.7. The van der Waals surface area contributed by atoms with E-state index in [0.717, 1.165) is 0 Å². The van der Waals surface area contributed by atoms with Crippen LogP contribution in [0.5, 0.6) is 0 Å². The van der Waals surface area contributed by atoms with Crippen molar-refractivity contribution in [3.8, 4) is 0 Å². The van der Waals surface area contributed by atoms with Gasteiger partial charge in [0.15, 0.2) is 5.78 Å². The van der Waals surface area contributed by atoms with Crippen molar-refractivity contribution in [3.63, 3.8) is 0 Å². The number of aromatic nitrogens is 3. The molecule has 0 aliphatic carbocycles. The molecule has 0 atom stereocenters. The van der Waals surface area contributed by atoms with E-state index in [2.05, 4.69) is 10.3 Å². The predicted octanol–water partition coefficient (Wildman–Crippen LogP) is 1.86. The average Bonchev–Trinajstić information content (AvgIpc) is 2.81. The Hall–Kier alpha value is -1.43. The monoisotopic (exact) mass is 298 g/mol. The Balaban J connectivity index is 2.03. The molecule has 100 valence electrons. The fourth-order valence-electron chi connectivity index (χ4n) is 1.64. The van der Waals surface area contributed by atoms with E-state index < -0.39 is 0 Å². The van der Waals surface area contributed by atoms with Crippen LogP contribution in [0.1, 0.15) is 11.3 Å². The lowest BCUT2D eigenvalue weighted by Crippen LogP contribution is -2.13. The number of halogens is 2. The van der Waals surface area contributed by atoms with Crippen molar-refractivity contribution in [2.24, 2.45) is 5.73 Å². The second-order valence-corrected chi connectivity index (χ2v) is 4.91. The summed E-state index contributed by atoms with van der Waals surface area (Å²) in [6, 6.07) is 5.05. The SMILES string of the molecule is NCc1cn(CC(=O)Cc2cc(Cl)ccc2Cl)nn1. The number of hydrogen-bond acceptors (Lipinski definition) is 4. The Morgan fingerprint density at radius 1 is 1.37 bits per heavy atom. The van der Waals surface area contributed by atoms with E-state index in [-0.39, 0.29) is 18.7 Å². The second kappa shape index (κ2) is 6.14. The number of nitrogens with zero attached hydrogens (tertiary/aromatic N) is 3. The molecule has 1 aromatic carbocycles. The molecule has 2 rings (SSSR count). The minimum absolute atomic E-state index is 0.0300. The smallest absolute Gasteiger partial charge is 0.158 e. The van der Waals surface area contributed by atoms with E-state index in [9.17, 15) is 4.79 Å². The molecule has 0 unspecified atom stereocenters. The topological polar surface area (TPSA) is 73.8 Å².